The molecule has 2 unspecified atom stereocenters. The zero-order chi connectivity index (χ0) is 24.5. The highest BCUT2D eigenvalue weighted by atomic mass is 32.2. The Labute approximate surface area is 194 Å². The summed E-state index contributed by atoms with van der Waals surface area (Å²) < 4.78 is 38.9. The maximum atomic E-state index is 12.7. The molecule has 10 heteroatoms. The number of carbonyl (C=O) groups excluding carboxylic acids is 1. The first kappa shape index (κ1) is 25.7. The van der Waals surface area contributed by atoms with E-state index in [4.69, 9.17) is 23.7 Å². The average Bonchev–Trinajstić information content (AvgIpc) is 2.80. The van der Waals surface area contributed by atoms with Gasteiger partial charge in [0.25, 0.3) is 0 Å². The van der Waals surface area contributed by atoms with Crippen molar-refractivity contribution in [1.29, 1.82) is 0 Å². The summed E-state index contributed by atoms with van der Waals surface area (Å²) in [5, 5.41) is 11.0. The number of benzene rings is 2. The van der Waals surface area contributed by atoms with Gasteiger partial charge >= 0.3 is 11.9 Å². The van der Waals surface area contributed by atoms with Crippen LogP contribution in [-0.4, -0.2) is 49.7 Å². The fourth-order valence-electron chi connectivity index (χ4n) is 3.04. The van der Waals surface area contributed by atoms with Gasteiger partial charge in [0.05, 0.1) is 50.6 Å². The first-order chi connectivity index (χ1) is 15.7. The summed E-state index contributed by atoms with van der Waals surface area (Å²) in [6.45, 7) is 1.12. The largest absolute Gasteiger partial charge is 0.496 e. The minimum atomic E-state index is -1.55. The van der Waals surface area contributed by atoms with E-state index in [2.05, 4.69) is 0 Å². The number of ether oxygens (including phenoxy) is 5. The summed E-state index contributed by atoms with van der Waals surface area (Å²) in [4.78, 5) is 23.0. The lowest BCUT2D eigenvalue weighted by Crippen LogP contribution is -2.19. The summed E-state index contributed by atoms with van der Waals surface area (Å²) in [5.41, 5.74) is 1.31. The van der Waals surface area contributed by atoms with E-state index in [1.807, 2.05) is 0 Å². The molecule has 2 rings (SSSR count). The van der Waals surface area contributed by atoms with E-state index >= 15 is 0 Å². The molecule has 0 aromatic heterocycles. The Bertz CT molecular complexity index is 1040. The number of aliphatic carboxylic acids is 1. The number of esters is 1. The third-order valence-corrected chi connectivity index (χ3v) is 5.59. The molecule has 2 atom stereocenters. The molecule has 0 spiro atoms. The van der Waals surface area contributed by atoms with Crippen molar-refractivity contribution in [1.82, 2.24) is 0 Å². The molecule has 2 aromatic rings. The molecular formula is C23H26O9S. The van der Waals surface area contributed by atoms with Crippen molar-refractivity contribution in [3.8, 4) is 23.0 Å². The van der Waals surface area contributed by atoms with Crippen LogP contribution in [0.3, 0.4) is 0 Å². The highest BCUT2D eigenvalue weighted by Gasteiger charge is 2.27. The Balaban J connectivity index is 2.32. The van der Waals surface area contributed by atoms with Gasteiger partial charge in [-0.1, -0.05) is 6.07 Å². The number of rotatable bonds is 11. The monoisotopic (exact) mass is 478 g/mol. The van der Waals surface area contributed by atoms with E-state index in [-0.39, 0.29) is 17.1 Å². The number of methoxy groups -OCH3 is 4. The van der Waals surface area contributed by atoms with Crippen LogP contribution in [0, 0.1) is 0 Å². The molecule has 0 saturated heterocycles. The predicted molar refractivity (Wildman–Crippen MR) is 122 cm³/mol. The van der Waals surface area contributed by atoms with E-state index in [0.29, 0.717) is 28.4 Å². The Morgan fingerprint density at radius 1 is 0.970 bits per heavy atom. The van der Waals surface area contributed by atoms with Crippen molar-refractivity contribution in [3.05, 3.63) is 52.4 Å². The molecule has 178 valence electrons. The van der Waals surface area contributed by atoms with Gasteiger partial charge in [0.2, 0.25) is 6.10 Å². The highest BCUT2D eigenvalue weighted by Crippen LogP contribution is 2.35. The number of carboxylic acids is 1. The third kappa shape index (κ3) is 6.72. The number of hydrogen-bond acceptors (Lipinski definition) is 8. The van der Waals surface area contributed by atoms with E-state index < -0.39 is 28.8 Å². The molecule has 9 nitrogen and oxygen atoms in total. The molecule has 0 aliphatic carbocycles. The fraction of sp³-hybridized carbons (Fsp3) is 0.304. The average molecular weight is 479 g/mol. The van der Waals surface area contributed by atoms with Gasteiger partial charge in [-0.05, 0) is 23.8 Å². The fourth-order valence-corrected chi connectivity index (χ4v) is 3.94. The van der Waals surface area contributed by atoms with Gasteiger partial charge in [0, 0.05) is 30.0 Å². The van der Waals surface area contributed by atoms with E-state index in [1.165, 1.54) is 39.9 Å². The van der Waals surface area contributed by atoms with Crippen LogP contribution in [0.1, 0.15) is 29.7 Å². The van der Waals surface area contributed by atoms with Gasteiger partial charge < -0.3 is 28.8 Å². The van der Waals surface area contributed by atoms with Gasteiger partial charge in [0.15, 0.2) is 0 Å². The van der Waals surface area contributed by atoms with Crippen LogP contribution < -0.4 is 18.9 Å². The SMILES string of the molecule is COc1cc(OC)c(C=CS(=O)Cc2ccc(OC)c(C(OC(C)=O)C(=O)O)c2)c(OC)c1. The second-order valence-corrected chi connectivity index (χ2v) is 8.00. The Hall–Kier alpha value is -3.53. The molecule has 0 radical (unpaired) electrons. The van der Waals surface area contributed by atoms with E-state index in [1.54, 1.807) is 30.3 Å². The van der Waals surface area contributed by atoms with Crippen LogP contribution in [0.2, 0.25) is 0 Å². The molecule has 0 amide bonds. The summed E-state index contributed by atoms with van der Waals surface area (Å²) in [7, 11) is 4.44. The van der Waals surface area contributed by atoms with Crippen molar-refractivity contribution in [2.24, 2.45) is 0 Å². The zero-order valence-electron chi connectivity index (χ0n) is 18.9. The van der Waals surface area contributed by atoms with Crippen molar-refractivity contribution >= 4 is 28.8 Å². The zero-order valence-corrected chi connectivity index (χ0v) is 19.8. The van der Waals surface area contributed by atoms with Gasteiger partial charge in [-0.3, -0.25) is 9.00 Å². The van der Waals surface area contributed by atoms with Gasteiger partial charge in [0.1, 0.15) is 23.0 Å². The Kier molecular flexibility index (Phi) is 9.29. The first-order valence-corrected chi connectivity index (χ1v) is 11.0. The molecule has 0 bridgehead atoms. The molecule has 0 aliphatic rings. The maximum absolute atomic E-state index is 12.7. The Morgan fingerprint density at radius 2 is 1.58 bits per heavy atom. The predicted octanol–water partition coefficient (Wildman–Crippen LogP) is 3.33. The number of carboxylic acid groups (broad SMARTS) is 1. The molecule has 1 N–H and O–H groups in total. The van der Waals surface area contributed by atoms with E-state index in [0.717, 1.165) is 6.92 Å². The van der Waals surface area contributed by atoms with Crippen molar-refractivity contribution in [2.45, 2.75) is 18.8 Å². The van der Waals surface area contributed by atoms with Crippen molar-refractivity contribution < 1.29 is 42.6 Å². The minimum Gasteiger partial charge on any atom is -0.496 e. The highest BCUT2D eigenvalue weighted by molar-refractivity contribution is 7.87. The van der Waals surface area contributed by atoms with Gasteiger partial charge in [-0.15, -0.1) is 0 Å². The quantitative estimate of drug-likeness (QED) is 0.485. The second-order valence-electron chi connectivity index (χ2n) is 6.68. The molecule has 33 heavy (non-hydrogen) atoms. The third-order valence-electron chi connectivity index (χ3n) is 4.53. The van der Waals surface area contributed by atoms with E-state index in [9.17, 15) is 18.9 Å². The van der Waals surface area contributed by atoms with Crippen LogP contribution in [0.5, 0.6) is 23.0 Å². The summed E-state index contributed by atoms with van der Waals surface area (Å²) in [5.74, 6) is -0.256. The summed E-state index contributed by atoms with van der Waals surface area (Å²) >= 11 is 0. The normalized spacial score (nSPS) is 12.6. The smallest absolute Gasteiger partial charge is 0.349 e. The van der Waals surface area contributed by atoms with Gasteiger partial charge in [-0.25, -0.2) is 4.79 Å². The molecular weight excluding hydrogens is 452 g/mol. The van der Waals surface area contributed by atoms with Gasteiger partial charge in [-0.2, -0.15) is 0 Å². The van der Waals surface area contributed by atoms with Crippen LogP contribution in [0.4, 0.5) is 0 Å². The minimum absolute atomic E-state index is 0.0840. The molecule has 0 saturated carbocycles. The van der Waals surface area contributed by atoms with Crippen molar-refractivity contribution in [3.63, 3.8) is 0 Å². The first-order valence-electron chi connectivity index (χ1n) is 9.66. The summed E-state index contributed by atoms with van der Waals surface area (Å²) in [6.07, 6.45) is 0.0746. The van der Waals surface area contributed by atoms with Crippen molar-refractivity contribution in [2.75, 3.05) is 28.4 Å². The standard InChI is InChI=1S/C23H26O9S/c1-14(24)32-22(23(25)26)18-10-15(6-7-19(18)29-3)13-33(27)9-8-17-20(30-4)11-16(28-2)12-21(17)31-5/h6-12,22H,13H2,1-5H3,(H,25,26). The lowest BCUT2D eigenvalue weighted by Gasteiger charge is -2.17. The number of carbonyl (C=O) groups is 2. The molecule has 0 heterocycles. The molecule has 0 fully saturated rings. The summed E-state index contributed by atoms with van der Waals surface area (Å²) in [6, 6.07) is 8.07. The Morgan fingerprint density at radius 3 is 2.06 bits per heavy atom. The van der Waals surface area contributed by atoms with Crippen LogP contribution in [0.25, 0.3) is 6.08 Å². The molecule has 2 aromatic carbocycles. The lowest BCUT2D eigenvalue weighted by molar-refractivity contribution is -0.163. The lowest BCUT2D eigenvalue weighted by atomic mass is 10.0. The van der Waals surface area contributed by atoms with Crippen LogP contribution in [0.15, 0.2) is 35.7 Å². The van der Waals surface area contributed by atoms with Crippen LogP contribution in [-0.2, 0) is 30.9 Å². The van der Waals surface area contributed by atoms with Crippen LogP contribution >= 0.6 is 0 Å². The maximum Gasteiger partial charge on any atom is 0.349 e. The number of hydrogen-bond donors (Lipinski definition) is 1. The second kappa shape index (κ2) is 11.9. The molecule has 0 aliphatic heterocycles. The topological polar surface area (TPSA) is 118 Å².